The summed E-state index contributed by atoms with van der Waals surface area (Å²) in [6.07, 6.45) is 0. The van der Waals surface area contributed by atoms with Crippen molar-refractivity contribution >= 4 is 45.7 Å². The summed E-state index contributed by atoms with van der Waals surface area (Å²) >= 11 is 5.59. The molecule has 0 unspecified atom stereocenters. The number of rotatable bonds is 7. The molecule has 3 aromatic rings. The first kappa shape index (κ1) is 19.3. The molecule has 0 saturated heterocycles. The Morgan fingerprint density at radius 2 is 1.07 bits per heavy atom. The fourth-order valence-corrected chi connectivity index (χ4v) is 2.67. The number of hydrogen-bond acceptors (Lipinski definition) is 5. The maximum absolute atomic E-state index is 5.59. The Bertz CT molecular complexity index is 954. The van der Waals surface area contributed by atoms with Crippen molar-refractivity contribution in [3.8, 4) is 0 Å². The monoisotopic (exact) mass is 387 g/mol. The summed E-state index contributed by atoms with van der Waals surface area (Å²) in [5.74, 6) is 0. The summed E-state index contributed by atoms with van der Waals surface area (Å²) < 4.78 is 0. The third kappa shape index (κ3) is 5.75. The second kappa shape index (κ2) is 9.99. The number of anilines is 3. The van der Waals surface area contributed by atoms with Crippen LogP contribution in [0.15, 0.2) is 101 Å². The SMILES string of the molecule is CC(=NNc1ccccc1)C(=NNc1ccccc1)C(=S)Nc1ccccc1. The van der Waals surface area contributed by atoms with Gasteiger partial charge in [-0.05, 0) is 43.3 Å². The molecule has 0 amide bonds. The van der Waals surface area contributed by atoms with Gasteiger partial charge in [0.1, 0.15) is 10.7 Å². The summed E-state index contributed by atoms with van der Waals surface area (Å²) in [6, 6.07) is 29.2. The van der Waals surface area contributed by atoms with Gasteiger partial charge < -0.3 is 5.32 Å². The van der Waals surface area contributed by atoms with E-state index < -0.39 is 0 Å². The van der Waals surface area contributed by atoms with Gasteiger partial charge in [0.05, 0.1) is 17.1 Å². The molecular formula is C22H21N5S. The van der Waals surface area contributed by atoms with Crippen LogP contribution in [-0.2, 0) is 0 Å². The lowest BCUT2D eigenvalue weighted by Crippen LogP contribution is -2.28. The highest BCUT2D eigenvalue weighted by atomic mass is 32.1. The van der Waals surface area contributed by atoms with Crippen molar-refractivity contribution in [2.75, 3.05) is 16.2 Å². The molecule has 6 heteroatoms. The molecule has 140 valence electrons. The van der Waals surface area contributed by atoms with Crippen LogP contribution in [0.3, 0.4) is 0 Å². The zero-order chi connectivity index (χ0) is 19.6. The number of hydrazone groups is 2. The zero-order valence-electron chi connectivity index (χ0n) is 15.5. The lowest BCUT2D eigenvalue weighted by Gasteiger charge is -2.12. The molecule has 3 N–H and O–H groups in total. The van der Waals surface area contributed by atoms with E-state index in [0.717, 1.165) is 17.1 Å². The molecule has 28 heavy (non-hydrogen) atoms. The molecule has 3 rings (SSSR count). The van der Waals surface area contributed by atoms with Crippen LogP contribution >= 0.6 is 12.2 Å². The third-order valence-corrected chi connectivity index (χ3v) is 4.08. The molecule has 0 radical (unpaired) electrons. The van der Waals surface area contributed by atoms with Gasteiger partial charge in [-0.3, -0.25) is 10.9 Å². The van der Waals surface area contributed by atoms with Gasteiger partial charge in [-0.2, -0.15) is 10.2 Å². The van der Waals surface area contributed by atoms with Gasteiger partial charge in [0.2, 0.25) is 0 Å². The standard InChI is InChI=1S/C22H21N5S/c1-17(24-25-19-13-7-3-8-14-19)21(27-26-20-15-9-4-10-16-20)22(28)23-18-11-5-2-6-12-18/h2-16,25-26H,1H3,(H,23,28). The molecule has 5 nitrogen and oxygen atoms in total. The van der Waals surface area contributed by atoms with E-state index in [4.69, 9.17) is 12.2 Å². The van der Waals surface area contributed by atoms with Crippen LogP contribution < -0.4 is 16.2 Å². The first-order valence-electron chi connectivity index (χ1n) is 8.83. The van der Waals surface area contributed by atoms with E-state index >= 15 is 0 Å². The highest BCUT2D eigenvalue weighted by Gasteiger charge is 2.12. The smallest absolute Gasteiger partial charge is 0.141 e. The van der Waals surface area contributed by atoms with Crippen molar-refractivity contribution in [3.05, 3.63) is 91.0 Å². The van der Waals surface area contributed by atoms with Crippen molar-refractivity contribution in [1.29, 1.82) is 0 Å². The van der Waals surface area contributed by atoms with E-state index in [9.17, 15) is 0 Å². The van der Waals surface area contributed by atoms with E-state index in [1.165, 1.54) is 0 Å². The quantitative estimate of drug-likeness (QED) is 0.289. The van der Waals surface area contributed by atoms with Gasteiger partial charge in [0.15, 0.2) is 0 Å². The number of nitrogens with one attached hydrogen (secondary N) is 3. The van der Waals surface area contributed by atoms with Crippen LogP contribution in [0.25, 0.3) is 0 Å². The van der Waals surface area contributed by atoms with Crippen molar-refractivity contribution in [2.45, 2.75) is 6.92 Å². The van der Waals surface area contributed by atoms with E-state index in [-0.39, 0.29) is 0 Å². The second-order valence-corrected chi connectivity index (χ2v) is 6.34. The fraction of sp³-hybridized carbons (Fsp3) is 0.0455. The van der Waals surface area contributed by atoms with Crippen LogP contribution in [0.1, 0.15) is 6.92 Å². The van der Waals surface area contributed by atoms with Crippen LogP contribution in [0.4, 0.5) is 17.1 Å². The molecule has 3 aromatic carbocycles. The normalized spacial score (nSPS) is 11.6. The van der Waals surface area contributed by atoms with E-state index in [1.807, 2.05) is 97.9 Å². The van der Waals surface area contributed by atoms with Gasteiger partial charge in [-0.15, -0.1) is 0 Å². The first-order chi connectivity index (χ1) is 13.7. The summed E-state index contributed by atoms with van der Waals surface area (Å²) in [5.41, 5.74) is 9.92. The van der Waals surface area contributed by atoms with Crippen LogP contribution in [0, 0.1) is 0 Å². The lowest BCUT2D eigenvalue weighted by molar-refractivity contribution is 1.32. The molecule has 0 aromatic heterocycles. The van der Waals surface area contributed by atoms with Crippen LogP contribution in [0.2, 0.25) is 0 Å². The van der Waals surface area contributed by atoms with Crippen molar-refractivity contribution in [1.82, 2.24) is 0 Å². The molecule has 0 aliphatic rings. The lowest BCUT2D eigenvalue weighted by atomic mass is 10.2. The van der Waals surface area contributed by atoms with Crippen molar-refractivity contribution in [3.63, 3.8) is 0 Å². The molecule has 0 atom stereocenters. The number of benzene rings is 3. The Morgan fingerprint density at radius 3 is 1.57 bits per heavy atom. The Labute approximate surface area is 170 Å². The number of thiocarbonyl (C=S) groups is 1. The van der Waals surface area contributed by atoms with Gasteiger partial charge >= 0.3 is 0 Å². The fourth-order valence-electron chi connectivity index (χ4n) is 2.35. The molecule has 0 aliphatic carbocycles. The molecule has 0 spiro atoms. The Kier molecular flexibility index (Phi) is 6.87. The number of hydrogen-bond donors (Lipinski definition) is 3. The average molecular weight is 388 g/mol. The molecular weight excluding hydrogens is 366 g/mol. The molecule has 0 bridgehead atoms. The summed E-state index contributed by atoms with van der Waals surface area (Å²) in [7, 11) is 0. The Balaban J connectivity index is 1.81. The van der Waals surface area contributed by atoms with Gasteiger partial charge in [0.25, 0.3) is 0 Å². The largest absolute Gasteiger partial charge is 0.345 e. The average Bonchev–Trinajstić information content (AvgIpc) is 2.74. The maximum atomic E-state index is 5.59. The molecule has 0 aliphatic heterocycles. The van der Waals surface area contributed by atoms with E-state index in [2.05, 4.69) is 26.4 Å². The van der Waals surface area contributed by atoms with Gasteiger partial charge in [0, 0.05) is 5.69 Å². The summed E-state index contributed by atoms with van der Waals surface area (Å²) in [4.78, 5) is 0.478. The Hall–Kier alpha value is -3.51. The predicted molar refractivity (Wildman–Crippen MR) is 123 cm³/mol. The van der Waals surface area contributed by atoms with Crippen LogP contribution in [0.5, 0.6) is 0 Å². The minimum absolute atomic E-state index is 0.478. The van der Waals surface area contributed by atoms with Gasteiger partial charge in [-0.25, -0.2) is 0 Å². The molecule has 0 saturated carbocycles. The minimum Gasteiger partial charge on any atom is -0.345 e. The first-order valence-corrected chi connectivity index (χ1v) is 9.24. The van der Waals surface area contributed by atoms with E-state index in [0.29, 0.717) is 16.4 Å². The molecule has 0 fully saturated rings. The summed E-state index contributed by atoms with van der Waals surface area (Å²) in [6.45, 7) is 1.86. The number of para-hydroxylation sites is 3. The minimum atomic E-state index is 0.478. The van der Waals surface area contributed by atoms with Gasteiger partial charge in [-0.1, -0.05) is 66.8 Å². The number of nitrogens with zero attached hydrogens (tertiary/aromatic N) is 2. The third-order valence-electron chi connectivity index (χ3n) is 3.79. The maximum Gasteiger partial charge on any atom is 0.141 e. The van der Waals surface area contributed by atoms with E-state index in [1.54, 1.807) is 0 Å². The van der Waals surface area contributed by atoms with Crippen LogP contribution in [-0.4, -0.2) is 16.4 Å². The molecule has 0 heterocycles. The highest BCUT2D eigenvalue weighted by Crippen LogP contribution is 2.09. The zero-order valence-corrected chi connectivity index (χ0v) is 16.3. The predicted octanol–water partition coefficient (Wildman–Crippen LogP) is 5.38. The Morgan fingerprint density at radius 1 is 0.643 bits per heavy atom. The second-order valence-electron chi connectivity index (χ2n) is 5.93. The highest BCUT2D eigenvalue weighted by molar-refractivity contribution is 7.82. The van der Waals surface area contributed by atoms with Crippen molar-refractivity contribution in [2.24, 2.45) is 10.2 Å². The van der Waals surface area contributed by atoms with Crippen molar-refractivity contribution < 1.29 is 0 Å². The topological polar surface area (TPSA) is 60.8 Å². The summed E-state index contributed by atoms with van der Waals surface area (Å²) in [5, 5.41) is 12.1.